The number of anilines is 1. The van der Waals surface area contributed by atoms with E-state index in [-0.39, 0.29) is 11.8 Å². The molecule has 4 heteroatoms. The van der Waals surface area contributed by atoms with Crippen molar-refractivity contribution >= 4 is 281 Å². The van der Waals surface area contributed by atoms with Crippen molar-refractivity contribution in [2.24, 2.45) is 5.10 Å². The average molecular weight is 983 g/mol. The van der Waals surface area contributed by atoms with Gasteiger partial charge in [0.1, 0.15) is 5.54 Å². The van der Waals surface area contributed by atoms with Crippen molar-refractivity contribution in [2.75, 3.05) is 5.01 Å². The molecule has 4 nitrogen and oxygen atoms in total. The topological polar surface area (TPSA) is 33.4 Å². The Balaban J connectivity index is 1.03. The number of hydrogen-bond donors (Lipinski definition) is 0. The Morgan fingerprint density at radius 2 is 0.600 bits per heavy atom. The molecule has 4 atom stereocenters. The van der Waals surface area contributed by atoms with E-state index in [0.29, 0.717) is 0 Å². The number of rotatable bonds is 3. The fourth-order valence-corrected chi connectivity index (χ4v) is 27.2. The van der Waals surface area contributed by atoms with E-state index in [4.69, 9.17) is 10.2 Å². The second-order valence-corrected chi connectivity index (χ2v) is 28.2. The van der Waals surface area contributed by atoms with Crippen molar-refractivity contribution in [1.82, 2.24) is 9.78 Å². The third-order valence-corrected chi connectivity index (χ3v) is 27.6. The van der Waals surface area contributed by atoms with Crippen LogP contribution in [0.5, 0.6) is 0 Å². The summed E-state index contributed by atoms with van der Waals surface area (Å²) in [6.45, 7) is 0. The predicted molar refractivity (Wildman–Crippen MR) is 330 cm³/mol. The summed E-state index contributed by atoms with van der Waals surface area (Å²) in [5, 5.41) is 96.3. The molecule has 28 aromatic carbocycles. The van der Waals surface area contributed by atoms with Gasteiger partial charge < -0.3 is 0 Å². The maximum atomic E-state index is 6.63. The molecule has 7 aliphatic rings. The van der Waals surface area contributed by atoms with Gasteiger partial charge in [0, 0.05) is 23.6 Å². The van der Waals surface area contributed by atoms with Crippen molar-refractivity contribution in [2.45, 2.75) is 22.8 Å². The minimum absolute atomic E-state index is 0.0521. The number of nitrogens with zero attached hydrogens (tertiary/aromatic N) is 4. The zero-order valence-corrected chi connectivity index (χ0v) is 40.9. The lowest BCUT2D eigenvalue weighted by molar-refractivity contribution is 0.244. The van der Waals surface area contributed by atoms with Crippen LogP contribution < -0.4 is 5.01 Å². The third-order valence-electron chi connectivity index (χ3n) is 27.6. The number of hydrogen-bond acceptors (Lipinski definition) is 3. The molecule has 0 N–H and O–H groups in total. The van der Waals surface area contributed by atoms with Crippen LogP contribution in [0.25, 0.3) is 275 Å². The van der Waals surface area contributed by atoms with Crippen molar-refractivity contribution < 1.29 is 0 Å². The van der Waals surface area contributed by atoms with Crippen LogP contribution in [0.3, 0.4) is 0 Å². The van der Waals surface area contributed by atoms with Crippen molar-refractivity contribution in [3.63, 3.8) is 0 Å². The van der Waals surface area contributed by atoms with Crippen LogP contribution in [0, 0.1) is 0 Å². The summed E-state index contributed by atoms with van der Waals surface area (Å²) < 4.78 is 2.15. The smallest absolute Gasteiger partial charge is 0.117 e. The molecule has 2 spiro atoms. The van der Waals surface area contributed by atoms with E-state index in [1.165, 1.54) is 11.4 Å². The first-order valence-electron chi connectivity index (χ1n) is 29.4. The van der Waals surface area contributed by atoms with Gasteiger partial charge >= 0.3 is 0 Å². The Morgan fingerprint density at radius 3 is 1.04 bits per heavy atom. The first-order valence-corrected chi connectivity index (χ1v) is 29.4. The second kappa shape index (κ2) is 7.33. The normalized spacial score (nSPS) is 23.4. The molecule has 6 aliphatic carbocycles. The van der Waals surface area contributed by atoms with Gasteiger partial charge in [0.15, 0.2) is 0 Å². The molecule has 80 heavy (non-hydrogen) atoms. The molecule has 2 heterocycles. The second-order valence-electron chi connectivity index (χ2n) is 28.2. The Kier molecular flexibility index (Phi) is 2.81. The van der Waals surface area contributed by atoms with E-state index in [1.54, 1.807) is 303 Å². The largest absolute Gasteiger partial charge is 0.252 e. The molecule has 36 rings (SSSR count). The van der Waals surface area contributed by atoms with Crippen LogP contribution in [0.15, 0.2) is 78.2 Å². The van der Waals surface area contributed by atoms with E-state index >= 15 is 0 Å². The maximum absolute atomic E-state index is 6.63. The summed E-state index contributed by atoms with van der Waals surface area (Å²) in [5.41, 5.74) is 13.5. The highest BCUT2D eigenvalue weighted by Crippen LogP contribution is 2.89. The summed E-state index contributed by atoms with van der Waals surface area (Å²) >= 11 is 0. The van der Waals surface area contributed by atoms with E-state index in [2.05, 4.69) is 82.7 Å². The monoisotopic (exact) mass is 982 g/mol. The fraction of sp³-hybridized carbons (Fsp3) is 0.0526. The first-order chi connectivity index (χ1) is 39.9. The van der Waals surface area contributed by atoms with E-state index in [9.17, 15) is 0 Å². The zero-order valence-electron chi connectivity index (χ0n) is 40.9. The minimum atomic E-state index is -0.626. The molecular weight excluding hydrogens is 969 g/mol. The number of hydrazone groups is 1. The van der Waals surface area contributed by atoms with Crippen LogP contribution in [0.4, 0.5) is 5.69 Å². The molecule has 1 aliphatic heterocycles. The van der Waals surface area contributed by atoms with Crippen molar-refractivity contribution in [1.29, 1.82) is 0 Å². The molecule has 29 aromatic rings. The van der Waals surface area contributed by atoms with Gasteiger partial charge in [-0.2, -0.15) is 10.2 Å². The molecule has 0 saturated heterocycles. The van der Waals surface area contributed by atoms with Crippen LogP contribution >= 0.6 is 0 Å². The van der Waals surface area contributed by atoms with Crippen LogP contribution in [0.1, 0.15) is 50.8 Å². The van der Waals surface area contributed by atoms with Gasteiger partial charge in [-0.25, -0.2) is 4.68 Å². The number of benzene rings is 18. The highest BCUT2D eigenvalue weighted by molar-refractivity contribution is 6.81. The quantitative estimate of drug-likeness (QED) is 0.165. The van der Waals surface area contributed by atoms with Gasteiger partial charge in [0.05, 0.1) is 28.7 Å². The highest BCUT2D eigenvalue weighted by Gasteiger charge is 2.82. The standard InChI is InChI=1S/C76H14N4/c1-3-7-14(8-4-1)79-12-13(11-77-79)74-75-70-62-54-44-34-26-18-16-17-20-24-22(18)30-38-32(24)42-36-28(20)29-21(17)25-23-19(16)27(26)35-41-31(23)39-33(25)43-37(29)47-46(36)58-52(42)60-50(38)56(48(54)40(30)34)64(70)66(60)72-68(58)69-59(47)53(43)61-51(39)57-49(41)55(45(35)44)63(62)71(75)65(57)67(61)73(69)76(72,75)80(78-74)15-9-5-2-6-10-15/h1-12,70,72H. The molecular formula is C76H14N4. The molecule has 1 aromatic heterocycles. The summed E-state index contributed by atoms with van der Waals surface area (Å²) in [4.78, 5) is 0. The lowest BCUT2D eigenvalue weighted by atomic mass is 9.44. The molecule has 0 fully saturated rings. The minimum Gasteiger partial charge on any atom is -0.252 e. The SMILES string of the molecule is c1ccc(N2N=C(c3cnn(-c4ccccc4)c3)C34c5c6c7c8c9c%10c(c%11c%12c%13c%14c%15c%16c(c%17c5c5c%18c6c6c8c8c9c9c(c%10%12)c%10c%13c%12c%14c%13c%16c%14c%17c5c5c%16c%18c6c6c8c8c9c%10c9c%12c%10c%13c%14c5c5c%16c6c8c9c%105)C23C%11%15)C74)cc1. The van der Waals surface area contributed by atoms with Gasteiger partial charge in [-0.15, -0.1) is 0 Å². The van der Waals surface area contributed by atoms with Crippen molar-refractivity contribution in [3.05, 3.63) is 112 Å². The molecule has 338 valence electrons. The third kappa shape index (κ3) is 1.75. The van der Waals surface area contributed by atoms with Gasteiger partial charge in [-0.1, -0.05) is 36.4 Å². The van der Waals surface area contributed by atoms with Gasteiger partial charge in [0.2, 0.25) is 0 Å². The van der Waals surface area contributed by atoms with Crippen LogP contribution in [-0.4, -0.2) is 15.5 Å². The Hall–Kier alpha value is -10.2. The molecule has 0 bridgehead atoms. The first kappa shape index (κ1) is 30.7. The molecule has 0 amide bonds. The maximum Gasteiger partial charge on any atom is 0.117 e. The summed E-state index contributed by atoms with van der Waals surface area (Å²) in [6, 6.07) is 22.6. The Morgan fingerprint density at radius 1 is 0.287 bits per heavy atom. The van der Waals surface area contributed by atoms with Gasteiger partial charge in [0.25, 0.3) is 0 Å². The van der Waals surface area contributed by atoms with Gasteiger partial charge in [-0.05, 0) is 327 Å². The molecule has 0 radical (unpaired) electrons. The number of para-hydroxylation sites is 2. The van der Waals surface area contributed by atoms with E-state index in [1.807, 2.05) is 0 Å². The zero-order chi connectivity index (χ0) is 47.8. The van der Waals surface area contributed by atoms with E-state index < -0.39 is 11.0 Å². The summed E-state index contributed by atoms with van der Waals surface area (Å²) in [7, 11) is 0. The highest BCUT2D eigenvalue weighted by atomic mass is 15.5. The fourth-order valence-electron chi connectivity index (χ4n) is 27.2. The van der Waals surface area contributed by atoms with Crippen LogP contribution in [-0.2, 0) is 11.0 Å². The summed E-state index contributed by atoms with van der Waals surface area (Å²) in [6.07, 6.45) is 4.62. The number of aromatic nitrogens is 2. The Bertz CT molecular complexity index is 8190. The van der Waals surface area contributed by atoms with Crippen LogP contribution in [0.2, 0.25) is 0 Å². The average Bonchev–Trinajstić information content (AvgIpc) is 1.69. The molecule has 0 saturated carbocycles. The predicted octanol–water partition coefficient (Wildman–Crippen LogP) is 18.9. The lowest BCUT2D eigenvalue weighted by Crippen LogP contribution is -2.64. The van der Waals surface area contributed by atoms with Crippen molar-refractivity contribution in [3.8, 4) is 5.69 Å². The van der Waals surface area contributed by atoms with Gasteiger partial charge in [-0.3, -0.25) is 5.01 Å². The van der Waals surface area contributed by atoms with E-state index in [0.717, 1.165) is 11.3 Å². The Labute approximate surface area is 438 Å². The molecule has 4 unspecified atom stereocenters. The summed E-state index contributed by atoms with van der Waals surface area (Å²) in [5.74, 6) is 0.106. The lowest BCUT2D eigenvalue weighted by Gasteiger charge is -2.58.